The minimum atomic E-state index is -1.19. The maximum Gasteiger partial charge on any atom is 0.257 e. The Kier molecular flexibility index (Phi) is 5.62. The molecule has 1 amide bonds. The summed E-state index contributed by atoms with van der Waals surface area (Å²) in [6, 6.07) is 10.7. The van der Waals surface area contributed by atoms with E-state index in [9.17, 15) is 13.6 Å². The highest BCUT2D eigenvalue weighted by Crippen LogP contribution is 2.22. The molecule has 0 aliphatic rings. The highest BCUT2D eigenvalue weighted by Gasteiger charge is 2.15. The SMILES string of the molecule is N#CC(C#N)=NNc1cccc(NC(=O)c2cc(F)c(F)cc2Cl)c1. The molecule has 0 atom stereocenters. The van der Waals surface area contributed by atoms with E-state index in [1.165, 1.54) is 12.1 Å². The molecule has 0 aliphatic carbocycles. The number of benzene rings is 2. The Hall–Kier alpha value is -3.49. The molecule has 0 saturated heterocycles. The maximum atomic E-state index is 13.3. The van der Waals surface area contributed by atoms with Crippen molar-refractivity contribution in [3.05, 3.63) is 58.6 Å². The molecule has 25 heavy (non-hydrogen) atoms. The van der Waals surface area contributed by atoms with Crippen molar-refractivity contribution in [3.8, 4) is 12.1 Å². The predicted molar refractivity (Wildman–Crippen MR) is 88.0 cm³/mol. The van der Waals surface area contributed by atoms with Gasteiger partial charge in [-0.3, -0.25) is 10.2 Å². The van der Waals surface area contributed by atoms with Crippen LogP contribution >= 0.6 is 11.6 Å². The van der Waals surface area contributed by atoms with Gasteiger partial charge in [0.2, 0.25) is 5.71 Å². The summed E-state index contributed by atoms with van der Waals surface area (Å²) in [5, 5.41) is 23.0. The lowest BCUT2D eigenvalue weighted by molar-refractivity contribution is 0.102. The summed E-state index contributed by atoms with van der Waals surface area (Å²) in [7, 11) is 0. The minimum absolute atomic E-state index is 0.229. The standard InChI is InChI=1S/C16H8ClF2N5O/c17-13-6-15(19)14(18)5-12(13)16(25)22-9-2-1-3-10(4-9)23-24-11(7-20)8-21/h1-6,23H,(H,22,25). The lowest BCUT2D eigenvalue weighted by Gasteiger charge is -2.09. The first-order valence-corrected chi connectivity index (χ1v) is 7.02. The van der Waals surface area contributed by atoms with Gasteiger partial charge in [0.1, 0.15) is 12.1 Å². The van der Waals surface area contributed by atoms with Crippen LogP contribution in [0.3, 0.4) is 0 Å². The average Bonchev–Trinajstić information content (AvgIpc) is 2.59. The average molecular weight is 360 g/mol. The number of hydrogen-bond acceptors (Lipinski definition) is 5. The molecule has 0 spiro atoms. The van der Waals surface area contributed by atoms with Gasteiger partial charge in [-0.25, -0.2) is 8.78 Å². The van der Waals surface area contributed by atoms with Gasteiger partial charge in [0, 0.05) is 5.69 Å². The first kappa shape index (κ1) is 17.9. The number of carbonyl (C=O) groups is 1. The summed E-state index contributed by atoms with van der Waals surface area (Å²) >= 11 is 5.75. The first-order chi connectivity index (χ1) is 11.9. The quantitative estimate of drug-likeness (QED) is 0.494. The van der Waals surface area contributed by atoms with Crippen LogP contribution in [-0.2, 0) is 0 Å². The molecule has 124 valence electrons. The molecule has 0 heterocycles. The van der Waals surface area contributed by atoms with E-state index in [1.807, 2.05) is 0 Å². The summed E-state index contributed by atoms with van der Waals surface area (Å²) in [4.78, 5) is 12.1. The monoisotopic (exact) mass is 359 g/mol. The normalized spacial score (nSPS) is 9.48. The molecule has 9 heteroatoms. The number of anilines is 2. The molecule has 2 N–H and O–H groups in total. The van der Waals surface area contributed by atoms with E-state index < -0.39 is 17.5 Å². The van der Waals surface area contributed by atoms with Gasteiger partial charge in [0.15, 0.2) is 11.6 Å². The topological polar surface area (TPSA) is 101 Å². The van der Waals surface area contributed by atoms with Gasteiger partial charge in [-0.1, -0.05) is 17.7 Å². The summed E-state index contributed by atoms with van der Waals surface area (Å²) < 4.78 is 26.3. The van der Waals surface area contributed by atoms with Gasteiger partial charge in [-0.2, -0.15) is 15.6 Å². The molecule has 0 radical (unpaired) electrons. The van der Waals surface area contributed by atoms with E-state index in [1.54, 1.807) is 24.3 Å². The van der Waals surface area contributed by atoms with E-state index in [0.717, 1.165) is 0 Å². The van der Waals surface area contributed by atoms with Crippen LogP contribution < -0.4 is 10.7 Å². The molecule has 2 aromatic rings. The Labute approximate surface area is 145 Å². The number of nitriles is 2. The second-order valence-electron chi connectivity index (χ2n) is 4.58. The molecule has 0 bridgehead atoms. The third kappa shape index (κ3) is 4.50. The van der Waals surface area contributed by atoms with Crippen LogP contribution in [-0.4, -0.2) is 11.6 Å². The van der Waals surface area contributed by atoms with Crippen molar-refractivity contribution < 1.29 is 13.6 Å². The van der Waals surface area contributed by atoms with Crippen molar-refractivity contribution in [2.75, 3.05) is 10.7 Å². The predicted octanol–water partition coefficient (Wildman–Crippen LogP) is 3.69. The fourth-order valence-corrected chi connectivity index (χ4v) is 1.99. The second-order valence-corrected chi connectivity index (χ2v) is 4.98. The van der Waals surface area contributed by atoms with Gasteiger partial charge in [-0.05, 0) is 30.3 Å². The lowest BCUT2D eigenvalue weighted by Crippen LogP contribution is -2.13. The molecule has 2 aromatic carbocycles. The Morgan fingerprint density at radius 1 is 1.08 bits per heavy atom. The summed E-state index contributed by atoms with van der Waals surface area (Å²) in [6.45, 7) is 0. The molecule has 0 aliphatic heterocycles. The number of hydrazone groups is 1. The van der Waals surface area contributed by atoms with Crippen molar-refractivity contribution in [2.24, 2.45) is 5.10 Å². The molecular weight excluding hydrogens is 352 g/mol. The van der Waals surface area contributed by atoms with E-state index in [0.29, 0.717) is 23.5 Å². The van der Waals surface area contributed by atoms with Gasteiger partial charge in [0.05, 0.1) is 16.3 Å². The van der Waals surface area contributed by atoms with Gasteiger partial charge < -0.3 is 5.32 Å². The Morgan fingerprint density at radius 3 is 2.40 bits per heavy atom. The van der Waals surface area contributed by atoms with Crippen LogP contribution in [0.25, 0.3) is 0 Å². The number of rotatable bonds is 4. The van der Waals surface area contributed by atoms with Crippen LogP contribution in [0.1, 0.15) is 10.4 Å². The summed E-state index contributed by atoms with van der Waals surface area (Å²) in [5.74, 6) is -3.09. The summed E-state index contributed by atoms with van der Waals surface area (Å²) in [6.07, 6.45) is 0. The Morgan fingerprint density at radius 2 is 1.72 bits per heavy atom. The van der Waals surface area contributed by atoms with Gasteiger partial charge in [-0.15, -0.1) is 0 Å². The van der Waals surface area contributed by atoms with Crippen LogP contribution in [0.2, 0.25) is 5.02 Å². The van der Waals surface area contributed by atoms with Crippen molar-refractivity contribution in [3.63, 3.8) is 0 Å². The maximum absolute atomic E-state index is 13.3. The van der Waals surface area contributed by atoms with Crippen LogP contribution in [0, 0.1) is 34.3 Å². The van der Waals surface area contributed by atoms with Crippen molar-refractivity contribution in [1.29, 1.82) is 10.5 Å². The van der Waals surface area contributed by atoms with E-state index in [4.69, 9.17) is 22.1 Å². The van der Waals surface area contributed by atoms with Crippen molar-refractivity contribution in [1.82, 2.24) is 0 Å². The molecular formula is C16H8ClF2N5O. The lowest BCUT2D eigenvalue weighted by atomic mass is 10.2. The van der Waals surface area contributed by atoms with Crippen LogP contribution in [0.5, 0.6) is 0 Å². The zero-order valence-electron chi connectivity index (χ0n) is 12.3. The Balaban J connectivity index is 2.19. The Bertz CT molecular complexity index is 931. The fourth-order valence-electron chi connectivity index (χ4n) is 1.76. The third-order valence-electron chi connectivity index (χ3n) is 2.88. The van der Waals surface area contributed by atoms with Crippen molar-refractivity contribution in [2.45, 2.75) is 0 Å². The van der Waals surface area contributed by atoms with Crippen LogP contribution in [0.4, 0.5) is 20.2 Å². The van der Waals surface area contributed by atoms with E-state index in [-0.39, 0.29) is 16.3 Å². The fraction of sp³-hybridized carbons (Fsp3) is 0. The second kappa shape index (κ2) is 7.86. The highest BCUT2D eigenvalue weighted by atomic mass is 35.5. The molecule has 2 rings (SSSR count). The van der Waals surface area contributed by atoms with Crippen molar-refractivity contribution >= 4 is 34.6 Å². The number of amides is 1. The molecule has 0 unspecified atom stereocenters. The first-order valence-electron chi connectivity index (χ1n) is 6.64. The number of nitrogens with one attached hydrogen (secondary N) is 2. The summed E-state index contributed by atoms with van der Waals surface area (Å²) in [5.41, 5.74) is 2.58. The number of carbonyl (C=O) groups excluding carboxylic acids is 1. The smallest absolute Gasteiger partial charge is 0.257 e. The molecule has 0 aromatic heterocycles. The van der Waals surface area contributed by atoms with Crippen LogP contribution in [0.15, 0.2) is 41.5 Å². The molecule has 0 fully saturated rings. The number of halogens is 3. The molecule has 6 nitrogen and oxygen atoms in total. The third-order valence-corrected chi connectivity index (χ3v) is 3.20. The zero-order valence-corrected chi connectivity index (χ0v) is 13.1. The molecule has 0 saturated carbocycles. The van der Waals surface area contributed by atoms with Gasteiger partial charge >= 0.3 is 0 Å². The number of nitrogens with zero attached hydrogens (tertiary/aromatic N) is 3. The van der Waals surface area contributed by atoms with E-state index >= 15 is 0 Å². The largest absolute Gasteiger partial charge is 0.322 e. The zero-order chi connectivity index (χ0) is 18.4. The minimum Gasteiger partial charge on any atom is -0.322 e. The van der Waals surface area contributed by atoms with E-state index in [2.05, 4.69) is 15.8 Å². The number of hydrogen-bond donors (Lipinski definition) is 2. The highest BCUT2D eigenvalue weighted by molar-refractivity contribution is 6.34. The van der Waals surface area contributed by atoms with Gasteiger partial charge in [0.25, 0.3) is 5.91 Å².